The zero-order valence-electron chi connectivity index (χ0n) is 13.4. The Bertz CT molecular complexity index is 697. The van der Waals surface area contributed by atoms with Crippen LogP contribution in [0.2, 0.25) is 0 Å². The molecule has 1 unspecified atom stereocenters. The Kier molecular flexibility index (Phi) is 3.52. The Morgan fingerprint density at radius 2 is 2.26 bits per heavy atom. The molecule has 1 N–H and O–H groups in total. The molecule has 1 aliphatic carbocycles. The lowest BCUT2D eigenvalue weighted by Gasteiger charge is -2.39. The lowest BCUT2D eigenvalue weighted by atomic mass is 9.89. The van der Waals surface area contributed by atoms with Crippen molar-refractivity contribution in [2.75, 3.05) is 18.0 Å². The van der Waals surface area contributed by atoms with Crippen molar-refractivity contribution in [1.82, 2.24) is 24.7 Å². The summed E-state index contributed by atoms with van der Waals surface area (Å²) in [5, 5.41) is 19.0. The van der Waals surface area contributed by atoms with Crippen molar-refractivity contribution >= 4 is 5.82 Å². The quantitative estimate of drug-likeness (QED) is 0.909. The average molecular weight is 314 g/mol. The topological polar surface area (TPSA) is 80.0 Å². The molecule has 122 valence electrons. The summed E-state index contributed by atoms with van der Waals surface area (Å²) in [6, 6.07) is 1.94. The van der Waals surface area contributed by atoms with Crippen LogP contribution >= 0.6 is 0 Å². The molecule has 3 heterocycles. The molecule has 0 aromatic carbocycles. The van der Waals surface area contributed by atoms with E-state index < -0.39 is 5.60 Å². The predicted molar refractivity (Wildman–Crippen MR) is 85.1 cm³/mol. The predicted octanol–water partition coefficient (Wildman–Crippen LogP) is 1.06. The first kappa shape index (κ1) is 14.6. The molecule has 1 saturated carbocycles. The van der Waals surface area contributed by atoms with E-state index in [4.69, 9.17) is 4.98 Å². The fraction of sp³-hybridized carbons (Fsp3) is 0.625. The van der Waals surface area contributed by atoms with Crippen LogP contribution in [0, 0.1) is 0 Å². The Hall–Kier alpha value is -2.02. The van der Waals surface area contributed by atoms with E-state index in [0.717, 1.165) is 36.9 Å². The van der Waals surface area contributed by atoms with Gasteiger partial charge in [-0.15, -0.1) is 10.2 Å². The Morgan fingerprint density at radius 3 is 3.00 bits per heavy atom. The van der Waals surface area contributed by atoms with Crippen LogP contribution in [0.5, 0.6) is 0 Å². The number of hydrogen-bond donors (Lipinski definition) is 1. The van der Waals surface area contributed by atoms with Crippen molar-refractivity contribution < 1.29 is 5.11 Å². The molecule has 0 amide bonds. The number of hydrogen-bond acceptors (Lipinski definition) is 6. The van der Waals surface area contributed by atoms with Gasteiger partial charge in [-0.2, -0.15) is 0 Å². The van der Waals surface area contributed by atoms with Gasteiger partial charge in [-0.1, -0.05) is 0 Å². The maximum Gasteiger partial charge on any atom is 0.135 e. The minimum absolute atomic E-state index is 0.514. The number of rotatable bonds is 4. The Morgan fingerprint density at radius 1 is 1.39 bits per heavy atom. The van der Waals surface area contributed by atoms with Gasteiger partial charge in [-0.05, 0) is 31.7 Å². The molecule has 2 fully saturated rings. The fourth-order valence-electron chi connectivity index (χ4n) is 3.29. The van der Waals surface area contributed by atoms with Crippen LogP contribution in [0.4, 0.5) is 5.82 Å². The van der Waals surface area contributed by atoms with Crippen LogP contribution in [-0.4, -0.2) is 48.5 Å². The largest absolute Gasteiger partial charge is 0.388 e. The third-order valence-electron chi connectivity index (χ3n) is 4.77. The molecule has 0 bridgehead atoms. The summed E-state index contributed by atoms with van der Waals surface area (Å²) < 4.78 is 1.87. The molecule has 23 heavy (non-hydrogen) atoms. The van der Waals surface area contributed by atoms with Gasteiger partial charge in [0.25, 0.3) is 0 Å². The maximum atomic E-state index is 11.0. The van der Waals surface area contributed by atoms with E-state index in [9.17, 15) is 5.11 Å². The fourth-order valence-corrected chi connectivity index (χ4v) is 3.29. The van der Waals surface area contributed by atoms with Gasteiger partial charge < -0.3 is 14.6 Å². The average Bonchev–Trinajstić information content (AvgIpc) is 3.33. The molecule has 4 rings (SSSR count). The number of aliphatic hydroxyl groups is 1. The van der Waals surface area contributed by atoms with Gasteiger partial charge in [0.15, 0.2) is 0 Å². The summed E-state index contributed by atoms with van der Waals surface area (Å²) in [5.41, 5.74) is -0.788. The van der Waals surface area contributed by atoms with E-state index in [-0.39, 0.29) is 0 Å². The zero-order valence-corrected chi connectivity index (χ0v) is 13.4. The number of anilines is 1. The molecule has 1 atom stereocenters. The van der Waals surface area contributed by atoms with Gasteiger partial charge in [0.1, 0.15) is 23.8 Å². The van der Waals surface area contributed by atoms with Gasteiger partial charge >= 0.3 is 0 Å². The van der Waals surface area contributed by atoms with Crippen molar-refractivity contribution in [3.8, 4) is 0 Å². The second kappa shape index (κ2) is 5.56. The minimum atomic E-state index is -0.788. The van der Waals surface area contributed by atoms with Crippen LogP contribution in [0.1, 0.15) is 43.3 Å². The van der Waals surface area contributed by atoms with Gasteiger partial charge in [0, 0.05) is 38.7 Å². The summed E-state index contributed by atoms with van der Waals surface area (Å²) in [7, 11) is 1.91. The van der Waals surface area contributed by atoms with E-state index in [1.807, 2.05) is 23.9 Å². The van der Waals surface area contributed by atoms with E-state index in [0.29, 0.717) is 18.9 Å². The van der Waals surface area contributed by atoms with E-state index in [2.05, 4.69) is 20.1 Å². The number of aryl methyl sites for hydroxylation is 1. The Balaban J connectivity index is 1.52. The second-order valence-corrected chi connectivity index (χ2v) is 6.83. The highest BCUT2D eigenvalue weighted by atomic mass is 16.3. The second-order valence-electron chi connectivity index (χ2n) is 6.83. The molecule has 2 aromatic rings. The van der Waals surface area contributed by atoms with Crippen molar-refractivity contribution in [2.24, 2.45) is 7.05 Å². The molecule has 1 saturated heterocycles. The van der Waals surface area contributed by atoms with E-state index in [1.54, 1.807) is 6.33 Å². The van der Waals surface area contributed by atoms with Gasteiger partial charge in [0.05, 0.1) is 5.60 Å². The highest BCUT2D eigenvalue weighted by Gasteiger charge is 2.36. The maximum absolute atomic E-state index is 11.0. The molecule has 7 heteroatoms. The van der Waals surface area contributed by atoms with E-state index in [1.165, 1.54) is 12.8 Å². The van der Waals surface area contributed by atoms with Crippen LogP contribution in [0.25, 0.3) is 0 Å². The number of nitrogens with zero attached hydrogens (tertiary/aromatic N) is 6. The summed E-state index contributed by atoms with van der Waals surface area (Å²) >= 11 is 0. The van der Waals surface area contributed by atoms with Crippen molar-refractivity contribution in [2.45, 2.75) is 43.6 Å². The van der Waals surface area contributed by atoms with Crippen molar-refractivity contribution in [1.29, 1.82) is 0 Å². The number of aromatic nitrogens is 5. The van der Waals surface area contributed by atoms with Crippen molar-refractivity contribution in [3.63, 3.8) is 0 Å². The van der Waals surface area contributed by atoms with Gasteiger partial charge in [-0.25, -0.2) is 9.97 Å². The number of piperidine rings is 1. The molecule has 0 radical (unpaired) electrons. The van der Waals surface area contributed by atoms with Gasteiger partial charge in [0.2, 0.25) is 0 Å². The summed E-state index contributed by atoms with van der Waals surface area (Å²) in [6.07, 6.45) is 8.13. The van der Waals surface area contributed by atoms with E-state index >= 15 is 0 Å². The number of β-amino-alcohol motifs (C(OH)–C–C–N with tert-alkyl or cyclic N) is 1. The van der Waals surface area contributed by atoms with Crippen LogP contribution in [0.3, 0.4) is 0 Å². The molecule has 7 nitrogen and oxygen atoms in total. The zero-order chi connectivity index (χ0) is 15.9. The first-order valence-electron chi connectivity index (χ1n) is 8.26. The van der Waals surface area contributed by atoms with Crippen molar-refractivity contribution in [3.05, 3.63) is 30.2 Å². The first-order valence-corrected chi connectivity index (χ1v) is 8.26. The smallest absolute Gasteiger partial charge is 0.135 e. The summed E-state index contributed by atoms with van der Waals surface area (Å²) in [4.78, 5) is 11.3. The van der Waals surface area contributed by atoms with Gasteiger partial charge in [-0.3, -0.25) is 0 Å². The third-order valence-corrected chi connectivity index (χ3v) is 4.77. The first-order chi connectivity index (χ1) is 11.1. The lowest BCUT2D eigenvalue weighted by molar-refractivity contribution is 0.0236. The van der Waals surface area contributed by atoms with Crippen LogP contribution in [-0.2, 0) is 13.5 Å². The highest BCUT2D eigenvalue weighted by molar-refractivity contribution is 5.39. The summed E-state index contributed by atoms with van der Waals surface area (Å²) in [6.45, 7) is 1.49. The standard InChI is InChI=1S/C16H22N6O/c1-21-11-18-20-14(21)9-16(23)6-2-8-22(10-16)13-5-7-17-15(19-13)12-3-4-12/h5,7,11-12,23H,2-4,6,8-10H2,1H3. The third kappa shape index (κ3) is 3.06. The SMILES string of the molecule is Cn1cnnc1CC1(O)CCCN(c2ccnc(C3CC3)n2)C1. The molecular formula is C16H22N6O. The molecule has 0 spiro atoms. The lowest BCUT2D eigenvalue weighted by Crippen LogP contribution is -2.50. The molecule has 1 aliphatic heterocycles. The van der Waals surface area contributed by atoms with Crippen LogP contribution < -0.4 is 4.90 Å². The highest BCUT2D eigenvalue weighted by Crippen LogP contribution is 2.38. The summed E-state index contributed by atoms with van der Waals surface area (Å²) in [5.74, 6) is 3.23. The minimum Gasteiger partial charge on any atom is -0.388 e. The molecular weight excluding hydrogens is 292 g/mol. The monoisotopic (exact) mass is 314 g/mol. The van der Waals surface area contributed by atoms with Crippen LogP contribution in [0.15, 0.2) is 18.6 Å². The Labute approximate surface area is 135 Å². The normalized spacial score (nSPS) is 24.9. The molecule has 2 aliphatic rings. The molecule has 2 aromatic heterocycles.